The quantitative estimate of drug-likeness (QED) is 0.0783. The zero-order valence-corrected chi connectivity index (χ0v) is 20.8. The maximum atomic E-state index is 11.8. The molecule has 0 aliphatic rings. The summed E-state index contributed by atoms with van der Waals surface area (Å²) in [5, 5.41) is -1.58. The maximum Gasteiger partial charge on any atom is 0.373 e. The lowest BCUT2D eigenvalue weighted by Gasteiger charge is -2.10. The van der Waals surface area contributed by atoms with Crippen molar-refractivity contribution >= 4 is 35.1 Å². The Morgan fingerprint density at radius 3 is 1.10 bits per heavy atom. The third-order valence-corrected chi connectivity index (χ3v) is 6.13. The molecule has 0 heterocycles. The lowest BCUT2D eigenvalue weighted by molar-refractivity contribution is -0.258. The number of hydrogen-bond acceptors (Lipinski definition) is 4. The minimum absolute atomic E-state index is 0.523. The van der Waals surface area contributed by atoms with Crippen LogP contribution in [0.4, 0.5) is 0 Å². The van der Waals surface area contributed by atoms with E-state index in [0.29, 0.717) is 12.8 Å². The molecule has 0 saturated heterocycles. The van der Waals surface area contributed by atoms with Crippen molar-refractivity contribution in [2.24, 2.45) is 0 Å². The van der Waals surface area contributed by atoms with Gasteiger partial charge in [0.25, 0.3) is 0 Å². The molecule has 30 heavy (non-hydrogen) atoms. The van der Waals surface area contributed by atoms with E-state index in [0.717, 1.165) is 38.5 Å². The Morgan fingerprint density at radius 2 is 0.800 bits per heavy atom. The van der Waals surface area contributed by atoms with Crippen LogP contribution in [0.25, 0.3) is 0 Å². The average molecular weight is 468 g/mol. The summed E-state index contributed by atoms with van der Waals surface area (Å²) in [4.78, 5) is 32.9. The van der Waals surface area contributed by atoms with Gasteiger partial charge in [0.1, 0.15) is 10.8 Å². The zero-order chi connectivity index (χ0) is 22.5. The summed E-state index contributed by atoms with van der Waals surface area (Å²) in [6.45, 7) is 4.42. The van der Waals surface area contributed by atoms with E-state index in [2.05, 4.69) is 23.6 Å². The summed E-state index contributed by atoms with van der Waals surface area (Å²) in [6, 6.07) is 0. The van der Waals surface area contributed by atoms with Crippen LogP contribution in [0.2, 0.25) is 0 Å². The van der Waals surface area contributed by atoms with Crippen molar-refractivity contribution in [2.75, 3.05) is 0 Å². The Bertz CT molecular complexity index is 380. The van der Waals surface area contributed by atoms with E-state index in [1.807, 2.05) is 0 Å². The Labute approximate surface area is 194 Å². The molecule has 0 radical (unpaired) electrons. The molecule has 0 fully saturated rings. The minimum Gasteiger partial charge on any atom is -0.246 e. The maximum absolute atomic E-state index is 11.8. The Kier molecular flexibility index (Phi) is 21.4. The van der Waals surface area contributed by atoms with Gasteiger partial charge >= 0.3 is 11.9 Å². The summed E-state index contributed by atoms with van der Waals surface area (Å²) >= 11 is 12.1. The number of hydrogen-bond donors (Lipinski definition) is 0. The lowest BCUT2D eigenvalue weighted by atomic mass is 10.1. The van der Waals surface area contributed by atoms with Crippen LogP contribution in [-0.4, -0.2) is 22.7 Å². The second-order valence-corrected chi connectivity index (χ2v) is 9.32. The molecule has 0 saturated carbocycles. The smallest absolute Gasteiger partial charge is 0.246 e. The summed E-state index contributed by atoms with van der Waals surface area (Å²) in [5.41, 5.74) is 0. The van der Waals surface area contributed by atoms with Gasteiger partial charge in [-0.3, -0.25) is 0 Å². The van der Waals surface area contributed by atoms with E-state index in [9.17, 15) is 9.59 Å². The van der Waals surface area contributed by atoms with Crippen LogP contribution < -0.4 is 0 Å². The molecule has 0 aliphatic heterocycles. The van der Waals surface area contributed by atoms with Crippen molar-refractivity contribution < 1.29 is 19.4 Å². The molecule has 0 aliphatic carbocycles. The first-order valence-electron chi connectivity index (χ1n) is 12.2. The summed E-state index contributed by atoms with van der Waals surface area (Å²) < 4.78 is 0. The number of carbonyl (C=O) groups excluding carboxylic acids is 2. The number of carbonyl (C=O) groups is 2. The standard InChI is InChI=1S/C24H44Cl2O4/c1-3-5-7-9-11-13-15-17-19-21(25)23(27)29-30-24(28)22(26)20-18-16-14-12-10-8-6-4-2/h21-22H,3-20H2,1-2H3. The second-order valence-electron chi connectivity index (χ2n) is 8.27. The van der Waals surface area contributed by atoms with Gasteiger partial charge in [0.15, 0.2) is 0 Å². The van der Waals surface area contributed by atoms with Gasteiger partial charge in [-0.05, 0) is 12.8 Å². The van der Waals surface area contributed by atoms with Gasteiger partial charge in [-0.25, -0.2) is 19.4 Å². The molecule has 2 atom stereocenters. The normalized spacial score (nSPS) is 13.1. The van der Waals surface area contributed by atoms with Crippen LogP contribution >= 0.6 is 23.2 Å². The highest BCUT2D eigenvalue weighted by atomic mass is 35.5. The molecule has 0 N–H and O–H groups in total. The fraction of sp³-hybridized carbons (Fsp3) is 0.917. The first-order valence-corrected chi connectivity index (χ1v) is 13.1. The van der Waals surface area contributed by atoms with Crippen LogP contribution in [0.15, 0.2) is 0 Å². The molecule has 6 heteroatoms. The largest absolute Gasteiger partial charge is 0.373 e. The molecule has 0 aromatic carbocycles. The van der Waals surface area contributed by atoms with Gasteiger partial charge in [0.05, 0.1) is 0 Å². The van der Waals surface area contributed by atoms with Crippen LogP contribution in [-0.2, 0) is 19.4 Å². The molecule has 0 spiro atoms. The van der Waals surface area contributed by atoms with Gasteiger partial charge in [-0.1, -0.05) is 117 Å². The number of rotatable bonds is 20. The monoisotopic (exact) mass is 466 g/mol. The van der Waals surface area contributed by atoms with E-state index >= 15 is 0 Å². The highest BCUT2D eigenvalue weighted by Crippen LogP contribution is 2.16. The Hall–Kier alpha value is -0.480. The van der Waals surface area contributed by atoms with E-state index in [1.165, 1.54) is 64.2 Å². The van der Waals surface area contributed by atoms with Crippen molar-refractivity contribution in [1.29, 1.82) is 0 Å². The number of halogens is 2. The summed E-state index contributed by atoms with van der Waals surface area (Å²) in [5.74, 6) is -1.44. The van der Waals surface area contributed by atoms with E-state index in [1.54, 1.807) is 0 Å². The molecule has 0 aromatic rings. The summed E-state index contributed by atoms with van der Waals surface area (Å²) in [6.07, 6.45) is 19.9. The highest BCUT2D eigenvalue weighted by Gasteiger charge is 2.23. The first-order chi connectivity index (χ1) is 14.5. The fourth-order valence-electron chi connectivity index (χ4n) is 3.34. The third-order valence-electron chi connectivity index (χ3n) is 5.34. The van der Waals surface area contributed by atoms with Crippen molar-refractivity contribution in [1.82, 2.24) is 0 Å². The van der Waals surface area contributed by atoms with Gasteiger partial charge in [0.2, 0.25) is 0 Å². The molecule has 0 bridgehead atoms. The van der Waals surface area contributed by atoms with Crippen molar-refractivity contribution in [3.8, 4) is 0 Å². The number of alkyl halides is 2. The van der Waals surface area contributed by atoms with Crippen LogP contribution in [0.5, 0.6) is 0 Å². The van der Waals surface area contributed by atoms with Gasteiger partial charge in [0, 0.05) is 0 Å². The summed E-state index contributed by atoms with van der Waals surface area (Å²) in [7, 11) is 0. The number of unbranched alkanes of at least 4 members (excludes halogenated alkanes) is 14. The molecular formula is C24H44Cl2O4. The zero-order valence-electron chi connectivity index (χ0n) is 19.3. The predicted molar refractivity (Wildman–Crippen MR) is 126 cm³/mol. The SMILES string of the molecule is CCCCCCCCCCC(Cl)C(=O)OOC(=O)C(Cl)CCCCCCCCCC. The van der Waals surface area contributed by atoms with E-state index in [4.69, 9.17) is 23.2 Å². The second kappa shape index (κ2) is 21.7. The van der Waals surface area contributed by atoms with Crippen LogP contribution in [0, 0.1) is 0 Å². The Balaban J connectivity index is 3.66. The molecule has 0 rings (SSSR count). The van der Waals surface area contributed by atoms with Crippen LogP contribution in [0.1, 0.15) is 129 Å². The van der Waals surface area contributed by atoms with Gasteiger partial charge in [-0.15, -0.1) is 23.2 Å². The Morgan fingerprint density at radius 1 is 0.533 bits per heavy atom. The molecule has 0 aromatic heterocycles. The topological polar surface area (TPSA) is 52.6 Å². The molecule has 178 valence electrons. The predicted octanol–water partition coefficient (Wildman–Crippen LogP) is 8.26. The van der Waals surface area contributed by atoms with Crippen LogP contribution in [0.3, 0.4) is 0 Å². The average Bonchev–Trinajstić information content (AvgIpc) is 2.75. The molecule has 4 nitrogen and oxygen atoms in total. The minimum atomic E-state index is -0.792. The highest BCUT2D eigenvalue weighted by molar-refractivity contribution is 6.30. The van der Waals surface area contributed by atoms with Crippen molar-refractivity contribution in [3.05, 3.63) is 0 Å². The van der Waals surface area contributed by atoms with E-state index < -0.39 is 22.7 Å². The third kappa shape index (κ3) is 18.3. The van der Waals surface area contributed by atoms with E-state index in [-0.39, 0.29) is 0 Å². The molecular weight excluding hydrogens is 423 g/mol. The molecule has 2 unspecified atom stereocenters. The molecule has 0 amide bonds. The van der Waals surface area contributed by atoms with Crippen molar-refractivity contribution in [2.45, 2.75) is 140 Å². The van der Waals surface area contributed by atoms with Gasteiger partial charge in [-0.2, -0.15) is 0 Å². The van der Waals surface area contributed by atoms with Crippen molar-refractivity contribution in [3.63, 3.8) is 0 Å². The first kappa shape index (κ1) is 29.5. The van der Waals surface area contributed by atoms with Gasteiger partial charge < -0.3 is 0 Å². The fourth-order valence-corrected chi connectivity index (χ4v) is 3.72. The lowest BCUT2D eigenvalue weighted by Crippen LogP contribution is -2.24.